The Morgan fingerprint density at radius 2 is 1.06 bits per heavy atom. The lowest BCUT2D eigenvalue weighted by molar-refractivity contribution is 1.13. The largest absolute Gasteiger partial charge is 0.378 e. The average molecular weight is 455 g/mol. The van der Waals surface area contributed by atoms with E-state index in [0.717, 1.165) is 39.5 Å². The number of nitrogens with zero attached hydrogens (tertiary/aromatic N) is 4. The van der Waals surface area contributed by atoms with Gasteiger partial charge in [-0.05, 0) is 70.8 Å². The van der Waals surface area contributed by atoms with Gasteiger partial charge in [-0.3, -0.25) is 9.97 Å². The van der Waals surface area contributed by atoms with E-state index in [0.29, 0.717) is 0 Å². The summed E-state index contributed by atoms with van der Waals surface area (Å²) in [5.41, 5.74) is 9.05. The molecule has 5 aromatic rings. The number of anilines is 1. The fraction of sp³-hybridized carbons (Fsp3) is 0.0645. The molecule has 0 aliphatic heterocycles. The van der Waals surface area contributed by atoms with Gasteiger partial charge in [-0.15, -0.1) is 0 Å². The Morgan fingerprint density at radius 3 is 1.51 bits per heavy atom. The van der Waals surface area contributed by atoms with Crippen molar-refractivity contribution in [3.05, 3.63) is 121 Å². The van der Waals surface area contributed by atoms with E-state index in [1.165, 1.54) is 11.3 Å². The van der Waals surface area contributed by atoms with E-state index in [-0.39, 0.29) is 0 Å². The third-order valence-electron chi connectivity index (χ3n) is 5.80. The van der Waals surface area contributed by atoms with Gasteiger partial charge in [0.25, 0.3) is 0 Å². The lowest BCUT2D eigenvalue weighted by Crippen LogP contribution is -2.07. The summed E-state index contributed by atoms with van der Waals surface area (Å²) in [5.74, 6) is 0. The molecule has 0 radical (unpaired) electrons. The van der Waals surface area contributed by atoms with E-state index in [1.807, 2.05) is 50.5 Å². The van der Waals surface area contributed by atoms with Gasteiger partial charge in [-0.2, -0.15) is 0 Å². The first-order valence-corrected chi connectivity index (χ1v) is 11.6. The molecule has 0 unspecified atom stereocenters. The van der Waals surface area contributed by atoms with Gasteiger partial charge in [-0.1, -0.05) is 60.7 Å². The van der Waals surface area contributed by atoms with E-state index in [1.54, 1.807) is 12.4 Å². The third kappa shape index (κ3) is 5.33. The minimum atomic E-state index is 0.828. The Bertz CT molecular complexity index is 1370. The molecule has 0 aliphatic rings. The van der Waals surface area contributed by atoms with Crippen LogP contribution in [0.25, 0.3) is 46.1 Å². The maximum Gasteiger partial charge on any atom is 0.0900 e. The molecular formula is C31H26N4. The van der Waals surface area contributed by atoms with Crippen molar-refractivity contribution in [2.75, 3.05) is 19.0 Å². The SMILES string of the molecule is CN(C)c1ccc(/C=C/c2ccc(-c3cc(-c4ccccn4)nc(-c4ccccn4)c3)cc2)cc1. The first kappa shape index (κ1) is 22.2. The Labute approximate surface area is 206 Å². The predicted molar refractivity (Wildman–Crippen MR) is 146 cm³/mol. The molecule has 3 heterocycles. The first-order chi connectivity index (χ1) is 17.2. The van der Waals surface area contributed by atoms with Crippen molar-refractivity contribution in [2.24, 2.45) is 0 Å². The second-order valence-electron chi connectivity index (χ2n) is 8.50. The second-order valence-corrected chi connectivity index (χ2v) is 8.50. The molecule has 2 aromatic carbocycles. The van der Waals surface area contributed by atoms with Crippen molar-refractivity contribution >= 4 is 17.8 Å². The lowest BCUT2D eigenvalue weighted by atomic mass is 10.0. The Morgan fingerprint density at radius 1 is 0.543 bits per heavy atom. The molecule has 5 rings (SSSR count). The van der Waals surface area contributed by atoms with Crippen LogP contribution in [0.1, 0.15) is 11.1 Å². The van der Waals surface area contributed by atoms with Gasteiger partial charge in [-0.25, -0.2) is 4.98 Å². The number of hydrogen-bond acceptors (Lipinski definition) is 4. The van der Waals surface area contributed by atoms with E-state index < -0.39 is 0 Å². The molecule has 35 heavy (non-hydrogen) atoms. The molecule has 0 aliphatic carbocycles. The molecule has 0 N–H and O–H groups in total. The van der Waals surface area contributed by atoms with Crippen molar-refractivity contribution < 1.29 is 0 Å². The maximum absolute atomic E-state index is 4.86. The molecule has 0 bridgehead atoms. The van der Waals surface area contributed by atoms with Crippen LogP contribution >= 0.6 is 0 Å². The summed E-state index contributed by atoms with van der Waals surface area (Å²) in [6, 6.07) is 33.0. The molecule has 0 saturated heterocycles. The molecule has 0 fully saturated rings. The summed E-state index contributed by atoms with van der Waals surface area (Å²) in [4.78, 5) is 16.0. The van der Waals surface area contributed by atoms with Crippen LogP contribution in [0.5, 0.6) is 0 Å². The van der Waals surface area contributed by atoms with Crippen molar-refractivity contribution in [1.82, 2.24) is 15.0 Å². The molecule has 0 saturated carbocycles. The van der Waals surface area contributed by atoms with Crippen molar-refractivity contribution in [3.8, 4) is 33.9 Å². The zero-order valence-corrected chi connectivity index (χ0v) is 19.8. The average Bonchev–Trinajstić information content (AvgIpc) is 2.93. The number of pyridine rings is 3. The van der Waals surface area contributed by atoms with Crippen molar-refractivity contribution in [3.63, 3.8) is 0 Å². The highest BCUT2D eigenvalue weighted by molar-refractivity contribution is 5.76. The molecule has 0 spiro atoms. The van der Waals surface area contributed by atoms with Gasteiger partial charge in [0.05, 0.1) is 22.8 Å². The van der Waals surface area contributed by atoms with Gasteiger partial charge in [0.1, 0.15) is 0 Å². The maximum atomic E-state index is 4.86. The van der Waals surface area contributed by atoms with Gasteiger partial charge in [0.15, 0.2) is 0 Å². The van der Waals surface area contributed by atoms with Gasteiger partial charge in [0, 0.05) is 32.2 Å². The van der Waals surface area contributed by atoms with Crippen molar-refractivity contribution in [2.45, 2.75) is 0 Å². The number of benzene rings is 2. The smallest absolute Gasteiger partial charge is 0.0900 e. The molecular weight excluding hydrogens is 428 g/mol. The monoisotopic (exact) mass is 454 g/mol. The molecule has 3 aromatic heterocycles. The second kappa shape index (κ2) is 10.1. The molecule has 170 valence electrons. The number of aromatic nitrogens is 3. The van der Waals surface area contributed by atoms with Crippen LogP contribution < -0.4 is 4.90 Å². The summed E-state index contributed by atoms with van der Waals surface area (Å²) in [5, 5.41) is 0. The number of rotatable bonds is 6. The third-order valence-corrected chi connectivity index (χ3v) is 5.80. The highest BCUT2D eigenvalue weighted by Crippen LogP contribution is 2.29. The summed E-state index contributed by atoms with van der Waals surface area (Å²) in [7, 11) is 4.10. The highest BCUT2D eigenvalue weighted by Gasteiger charge is 2.10. The van der Waals surface area contributed by atoms with Gasteiger partial charge in [0.2, 0.25) is 0 Å². The van der Waals surface area contributed by atoms with Crippen LogP contribution in [-0.4, -0.2) is 29.0 Å². The minimum Gasteiger partial charge on any atom is -0.378 e. The van der Waals surface area contributed by atoms with E-state index in [9.17, 15) is 0 Å². The summed E-state index contributed by atoms with van der Waals surface area (Å²) in [6.07, 6.45) is 7.86. The zero-order valence-electron chi connectivity index (χ0n) is 19.8. The van der Waals surface area contributed by atoms with Crippen LogP contribution in [-0.2, 0) is 0 Å². The minimum absolute atomic E-state index is 0.828. The Hall–Kier alpha value is -4.57. The topological polar surface area (TPSA) is 41.9 Å². The summed E-state index contributed by atoms with van der Waals surface area (Å²) in [6.45, 7) is 0. The van der Waals surface area contributed by atoms with Crippen molar-refractivity contribution in [1.29, 1.82) is 0 Å². The van der Waals surface area contributed by atoms with Crippen LogP contribution in [0.3, 0.4) is 0 Å². The summed E-state index contributed by atoms with van der Waals surface area (Å²) >= 11 is 0. The predicted octanol–water partition coefficient (Wildman–Crippen LogP) is 7.11. The molecule has 4 nitrogen and oxygen atoms in total. The Balaban J connectivity index is 1.45. The first-order valence-electron chi connectivity index (χ1n) is 11.6. The normalized spacial score (nSPS) is 11.0. The van der Waals surface area contributed by atoms with Crippen LogP contribution in [0.2, 0.25) is 0 Å². The van der Waals surface area contributed by atoms with E-state index in [4.69, 9.17) is 4.98 Å². The van der Waals surface area contributed by atoms with Crippen LogP contribution in [0, 0.1) is 0 Å². The number of hydrogen-bond donors (Lipinski definition) is 0. The van der Waals surface area contributed by atoms with E-state index in [2.05, 4.69) is 87.7 Å². The highest BCUT2D eigenvalue weighted by atomic mass is 15.1. The zero-order chi connectivity index (χ0) is 24.0. The quantitative estimate of drug-likeness (QED) is 0.256. The van der Waals surface area contributed by atoms with Crippen LogP contribution in [0.15, 0.2) is 109 Å². The molecule has 4 heteroatoms. The van der Waals surface area contributed by atoms with Crippen LogP contribution in [0.4, 0.5) is 5.69 Å². The molecule has 0 amide bonds. The Kier molecular flexibility index (Phi) is 6.44. The summed E-state index contributed by atoms with van der Waals surface area (Å²) < 4.78 is 0. The van der Waals surface area contributed by atoms with Gasteiger partial charge >= 0.3 is 0 Å². The fourth-order valence-corrected chi connectivity index (χ4v) is 3.85. The molecule has 0 atom stereocenters. The lowest BCUT2D eigenvalue weighted by Gasteiger charge is -2.11. The fourth-order valence-electron chi connectivity index (χ4n) is 3.85. The van der Waals surface area contributed by atoms with Gasteiger partial charge < -0.3 is 4.90 Å². The standard InChI is InChI=1S/C31H26N4/c1-35(2)27-17-13-24(14-18-27)10-9-23-11-15-25(16-12-23)26-21-30(28-7-3-5-19-32-28)34-31(22-26)29-8-4-6-20-33-29/h3-22H,1-2H3/b10-9+. The van der Waals surface area contributed by atoms with E-state index >= 15 is 0 Å².